The van der Waals surface area contributed by atoms with Crippen LogP contribution in [0, 0.1) is 5.82 Å². The van der Waals surface area contributed by atoms with E-state index in [1.54, 1.807) is 0 Å². The molecule has 0 fully saturated rings. The van der Waals surface area contributed by atoms with E-state index in [-0.39, 0.29) is 5.69 Å². The summed E-state index contributed by atoms with van der Waals surface area (Å²) in [7, 11) is 0. The van der Waals surface area contributed by atoms with E-state index in [0.29, 0.717) is 5.12 Å². The van der Waals surface area contributed by atoms with Crippen LogP contribution in [0.15, 0.2) is 36.7 Å². The van der Waals surface area contributed by atoms with Crippen molar-refractivity contribution in [2.45, 2.75) is 0 Å². The van der Waals surface area contributed by atoms with Gasteiger partial charge in [-0.05, 0) is 24.3 Å². The maximum atomic E-state index is 12.8. The SMILES string of the molecule is N/C=C\N(F)c1ccc(F)cc1. The van der Waals surface area contributed by atoms with Gasteiger partial charge in [0.2, 0.25) is 0 Å². The minimum absolute atomic E-state index is 0.234. The lowest BCUT2D eigenvalue weighted by Gasteiger charge is -2.06. The van der Waals surface area contributed by atoms with E-state index in [9.17, 15) is 8.87 Å². The molecule has 0 unspecified atom stereocenters. The highest BCUT2D eigenvalue weighted by Gasteiger charge is 1.99. The predicted molar refractivity (Wildman–Crippen MR) is 43.3 cm³/mol. The second kappa shape index (κ2) is 3.71. The summed E-state index contributed by atoms with van der Waals surface area (Å²) in [6.07, 6.45) is 2.09. The lowest BCUT2D eigenvalue weighted by atomic mass is 10.3. The van der Waals surface area contributed by atoms with Gasteiger partial charge >= 0.3 is 0 Å². The van der Waals surface area contributed by atoms with Crippen molar-refractivity contribution in [3.63, 3.8) is 0 Å². The van der Waals surface area contributed by atoms with Crippen molar-refractivity contribution in [3.05, 3.63) is 42.5 Å². The van der Waals surface area contributed by atoms with E-state index in [1.807, 2.05) is 0 Å². The van der Waals surface area contributed by atoms with Crippen LogP contribution in [0.25, 0.3) is 0 Å². The monoisotopic (exact) mass is 170 g/mol. The summed E-state index contributed by atoms with van der Waals surface area (Å²) in [6.45, 7) is 0. The molecule has 0 atom stereocenters. The van der Waals surface area contributed by atoms with E-state index in [2.05, 4.69) is 0 Å². The van der Waals surface area contributed by atoms with Crippen LogP contribution in [0.4, 0.5) is 14.6 Å². The Labute approximate surface area is 68.8 Å². The van der Waals surface area contributed by atoms with Crippen molar-refractivity contribution in [1.82, 2.24) is 0 Å². The third-order valence-electron chi connectivity index (χ3n) is 1.29. The molecule has 1 aromatic carbocycles. The molecule has 64 valence electrons. The molecule has 12 heavy (non-hydrogen) atoms. The summed E-state index contributed by atoms with van der Waals surface area (Å²) in [5.41, 5.74) is 5.19. The van der Waals surface area contributed by atoms with E-state index in [4.69, 9.17) is 5.73 Å². The maximum absolute atomic E-state index is 12.8. The molecule has 0 spiro atoms. The van der Waals surface area contributed by atoms with Crippen molar-refractivity contribution in [1.29, 1.82) is 0 Å². The van der Waals surface area contributed by atoms with Crippen molar-refractivity contribution in [3.8, 4) is 0 Å². The van der Waals surface area contributed by atoms with Crippen LogP contribution in [0.1, 0.15) is 0 Å². The van der Waals surface area contributed by atoms with Gasteiger partial charge in [0.1, 0.15) is 5.82 Å². The number of hydrogen-bond acceptors (Lipinski definition) is 2. The molecule has 0 saturated carbocycles. The molecule has 0 amide bonds. The van der Waals surface area contributed by atoms with Crippen molar-refractivity contribution in [2.75, 3.05) is 5.12 Å². The maximum Gasteiger partial charge on any atom is 0.123 e. The van der Waals surface area contributed by atoms with Gasteiger partial charge in [0, 0.05) is 6.20 Å². The third-order valence-corrected chi connectivity index (χ3v) is 1.29. The lowest BCUT2D eigenvalue weighted by molar-refractivity contribution is 0.497. The Morgan fingerprint density at radius 2 is 1.83 bits per heavy atom. The number of benzene rings is 1. The van der Waals surface area contributed by atoms with Crippen molar-refractivity contribution >= 4 is 5.69 Å². The topological polar surface area (TPSA) is 29.3 Å². The second-order valence-corrected chi connectivity index (χ2v) is 2.13. The van der Waals surface area contributed by atoms with Gasteiger partial charge in [-0.1, -0.05) is 4.48 Å². The first-order chi connectivity index (χ1) is 5.74. The number of nitrogens with two attached hydrogens (primary N) is 1. The summed E-state index contributed by atoms with van der Waals surface area (Å²) in [4.78, 5) is 0. The first kappa shape index (κ1) is 8.52. The van der Waals surface area contributed by atoms with Gasteiger partial charge in [-0.25, -0.2) is 4.39 Å². The zero-order valence-corrected chi connectivity index (χ0v) is 6.24. The third kappa shape index (κ3) is 1.95. The molecule has 0 aliphatic heterocycles. The van der Waals surface area contributed by atoms with Gasteiger partial charge in [0.05, 0.1) is 11.9 Å². The van der Waals surface area contributed by atoms with Gasteiger partial charge in [-0.3, -0.25) is 0 Å². The van der Waals surface area contributed by atoms with Crippen LogP contribution < -0.4 is 10.9 Å². The van der Waals surface area contributed by atoms with Crippen molar-refractivity contribution in [2.24, 2.45) is 5.73 Å². The summed E-state index contributed by atoms with van der Waals surface area (Å²) in [5, 5.41) is 0.305. The zero-order valence-electron chi connectivity index (χ0n) is 6.24. The summed E-state index contributed by atoms with van der Waals surface area (Å²) < 4.78 is 25.2. The summed E-state index contributed by atoms with van der Waals surface area (Å²) in [6, 6.07) is 4.98. The number of hydrogen-bond donors (Lipinski definition) is 1. The minimum Gasteiger partial charge on any atom is -0.403 e. The molecule has 0 heterocycles. The van der Waals surface area contributed by atoms with Crippen LogP contribution in [0.2, 0.25) is 0 Å². The normalized spacial score (nSPS) is 10.5. The predicted octanol–water partition coefficient (Wildman–Crippen LogP) is 1.95. The zero-order chi connectivity index (χ0) is 8.97. The summed E-state index contributed by atoms with van der Waals surface area (Å²) in [5.74, 6) is -0.399. The van der Waals surface area contributed by atoms with Gasteiger partial charge in [-0.15, -0.1) is 0 Å². The van der Waals surface area contributed by atoms with E-state index >= 15 is 0 Å². The number of rotatable bonds is 2. The first-order valence-corrected chi connectivity index (χ1v) is 3.33. The fourth-order valence-corrected chi connectivity index (χ4v) is 0.745. The highest BCUT2D eigenvalue weighted by molar-refractivity contribution is 5.45. The van der Waals surface area contributed by atoms with E-state index in [1.165, 1.54) is 24.3 Å². The van der Waals surface area contributed by atoms with Gasteiger partial charge in [-0.2, -0.15) is 5.12 Å². The largest absolute Gasteiger partial charge is 0.403 e. The van der Waals surface area contributed by atoms with Crippen LogP contribution in [-0.2, 0) is 0 Å². The molecule has 0 bridgehead atoms. The van der Waals surface area contributed by atoms with Gasteiger partial charge in [0.25, 0.3) is 0 Å². The molecule has 0 aliphatic rings. The standard InChI is InChI=1S/C8H8F2N2/c9-7-1-3-8(4-2-7)12(10)6-5-11/h1-6H,11H2/b6-5-. The van der Waals surface area contributed by atoms with Crippen LogP contribution >= 0.6 is 0 Å². The fraction of sp³-hybridized carbons (Fsp3) is 0. The molecule has 0 aromatic heterocycles. The Kier molecular flexibility index (Phi) is 2.63. The number of halogens is 2. The highest BCUT2D eigenvalue weighted by atomic mass is 19.2. The fourth-order valence-electron chi connectivity index (χ4n) is 0.745. The van der Waals surface area contributed by atoms with Crippen molar-refractivity contribution < 1.29 is 8.87 Å². The average molecular weight is 170 g/mol. The Hall–Kier alpha value is -1.58. The number of nitrogens with zero attached hydrogens (tertiary/aromatic N) is 1. The van der Waals surface area contributed by atoms with Crippen LogP contribution in [0.3, 0.4) is 0 Å². The van der Waals surface area contributed by atoms with Crippen LogP contribution in [0.5, 0.6) is 0 Å². The molecule has 2 N–H and O–H groups in total. The summed E-state index contributed by atoms with van der Waals surface area (Å²) >= 11 is 0. The molecule has 4 heteroatoms. The second-order valence-electron chi connectivity index (χ2n) is 2.13. The Balaban J connectivity index is 2.82. The van der Waals surface area contributed by atoms with Gasteiger partial charge < -0.3 is 5.73 Å². The van der Waals surface area contributed by atoms with E-state index in [0.717, 1.165) is 12.4 Å². The van der Waals surface area contributed by atoms with E-state index < -0.39 is 5.82 Å². The Bertz CT molecular complexity index is 269. The molecule has 1 rings (SSSR count). The molecule has 2 nitrogen and oxygen atoms in total. The Morgan fingerprint density at radius 3 is 2.33 bits per heavy atom. The molecular formula is C8H8F2N2. The molecule has 1 aromatic rings. The highest BCUT2D eigenvalue weighted by Crippen LogP contribution is 2.14. The number of anilines is 1. The molecule has 0 saturated heterocycles. The molecule has 0 radical (unpaired) electrons. The molecular weight excluding hydrogens is 162 g/mol. The minimum atomic E-state index is -0.399. The first-order valence-electron chi connectivity index (χ1n) is 3.33. The quantitative estimate of drug-likeness (QED) is 0.687. The van der Waals surface area contributed by atoms with Gasteiger partial charge in [0.15, 0.2) is 0 Å². The van der Waals surface area contributed by atoms with Crippen LogP contribution in [-0.4, -0.2) is 0 Å². The average Bonchev–Trinajstić information content (AvgIpc) is 2.06. The molecule has 0 aliphatic carbocycles. The lowest BCUT2D eigenvalue weighted by Crippen LogP contribution is -2.02. The Morgan fingerprint density at radius 1 is 1.25 bits per heavy atom. The smallest absolute Gasteiger partial charge is 0.123 e.